The fraction of sp³-hybridized carbons (Fsp3) is 0.500. The number of rotatable bonds is 4. The molecule has 114 valence electrons. The molecular weight excluding hydrogens is 266 g/mol. The Morgan fingerprint density at radius 2 is 1.76 bits per heavy atom. The molecule has 0 heterocycles. The first-order valence-corrected chi connectivity index (χ1v) is 7.53. The van der Waals surface area contributed by atoms with Crippen LogP contribution in [0, 0.1) is 5.92 Å². The first-order valence-electron chi connectivity index (χ1n) is 7.53. The second-order valence-electron chi connectivity index (χ2n) is 5.68. The van der Waals surface area contributed by atoms with Crippen LogP contribution in [0.4, 0.5) is 11.4 Å². The fourth-order valence-electron chi connectivity index (χ4n) is 2.54. The molecule has 21 heavy (non-hydrogen) atoms. The monoisotopic (exact) mass is 289 g/mol. The van der Waals surface area contributed by atoms with E-state index >= 15 is 0 Å². The second kappa shape index (κ2) is 7.22. The number of amides is 2. The van der Waals surface area contributed by atoms with Gasteiger partial charge in [0.1, 0.15) is 0 Å². The highest BCUT2D eigenvalue weighted by molar-refractivity contribution is 5.96. The first kappa shape index (κ1) is 15.5. The maximum atomic E-state index is 12.2. The quantitative estimate of drug-likeness (QED) is 0.796. The third kappa shape index (κ3) is 4.56. The Labute approximate surface area is 125 Å². The standard InChI is InChI=1S/C16H23N3O2/c1-11(17)15(20)18-13-8-5-9-14(10-13)19-16(21)12-6-3-2-4-7-12/h5,8-12H,2-4,6-7,17H2,1H3,(H,18,20)(H,19,21)/t11-/m0/s1. The molecule has 4 N–H and O–H groups in total. The van der Waals surface area contributed by atoms with E-state index in [1.807, 2.05) is 6.07 Å². The van der Waals surface area contributed by atoms with Crippen molar-refractivity contribution >= 4 is 23.2 Å². The van der Waals surface area contributed by atoms with E-state index in [-0.39, 0.29) is 17.7 Å². The van der Waals surface area contributed by atoms with Crippen molar-refractivity contribution in [1.82, 2.24) is 0 Å². The van der Waals surface area contributed by atoms with Crippen LogP contribution in [0.5, 0.6) is 0 Å². The fourth-order valence-corrected chi connectivity index (χ4v) is 2.54. The Bertz CT molecular complexity index is 508. The summed E-state index contributed by atoms with van der Waals surface area (Å²) in [7, 11) is 0. The zero-order valence-electron chi connectivity index (χ0n) is 12.4. The molecule has 2 amide bonds. The molecule has 1 atom stereocenters. The Morgan fingerprint density at radius 3 is 2.38 bits per heavy atom. The maximum absolute atomic E-state index is 12.2. The Balaban J connectivity index is 1.97. The SMILES string of the molecule is C[C@H](N)C(=O)Nc1cccc(NC(=O)C2CCCCC2)c1. The minimum absolute atomic E-state index is 0.0744. The van der Waals surface area contributed by atoms with E-state index in [1.165, 1.54) is 6.42 Å². The molecule has 2 rings (SSSR count). The van der Waals surface area contributed by atoms with Gasteiger partial charge in [0.15, 0.2) is 0 Å². The largest absolute Gasteiger partial charge is 0.326 e. The van der Waals surface area contributed by atoms with E-state index in [2.05, 4.69) is 10.6 Å². The average molecular weight is 289 g/mol. The number of hydrogen-bond donors (Lipinski definition) is 3. The molecule has 1 saturated carbocycles. The molecule has 5 nitrogen and oxygen atoms in total. The van der Waals surface area contributed by atoms with Gasteiger partial charge >= 0.3 is 0 Å². The number of anilines is 2. The number of hydrogen-bond acceptors (Lipinski definition) is 3. The van der Waals surface area contributed by atoms with Gasteiger partial charge in [-0.15, -0.1) is 0 Å². The third-order valence-corrected chi connectivity index (χ3v) is 3.79. The van der Waals surface area contributed by atoms with E-state index < -0.39 is 6.04 Å². The number of nitrogens with two attached hydrogens (primary N) is 1. The van der Waals surface area contributed by atoms with Crippen molar-refractivity contribution in [1.29, 1.82) is 0 Å². The summed E-state index contributed by atoms with van der Waals surface area (Å²) in [6.07, 6.45) is 5.41. The van der Waals surface area contributed by atoms with Crippen molar-refractivity contribution in [2.45, 2.75) is 45.1 Å². The highest BCUT2D eigenvalue weighted by Gasteiger charge is 2.21. The number of carbonyl (C=O) groups is 2. The van der Waals surface area contributed by atoms with Gasteiger partial charge in [-0.05, 0) is 38.0 Å². The molecule has 0 radical (unpaired) electrons. The van der Waals surface area contributed by atoms with Gasteiger partial charge < -0.3 is 16.4 Å². The molecule has 1 aromatic carbocycles. The van der Waals surface area contributed by atoms with Gasteiger partial charge in [0.05, 0.1) is 6.04 Å². The summed E-state index contributed by atoms with van der Waals surface area (Å²) in [6.45, 7) is 1.63. The van der Waals surface area contributed by atoms with Gasteiger partial charge in [-0.2, -0.15) is 0 Å². The molecule has 1 fully saturated rings. The van der Waals surface area contributed by atoms with Crippen LogP contribution in [0.25, 0.3) is 0 Å². The summed E-state index contributed by atoms with van der Waals surface area (Å²) in [4.78, 5) is 23.8. The summed E-state index contributed by atoms with van der Waals surface area (Å²) in [5.41, 5.74) is 6.86. The zero-order chi connectivity index (χ0) is 15.2. The topological polar surface area (TPSA) is 84.2 Å². The van der Waals surface area contributed by atoms with E-state index in [1.54, 1.807) is 25.1 Å². The molecule has 0 bridgehead atoms. The highest BCUT2D eigenvalue weighted by atomic mass is 16.2. The summed E-state index contributed by atoms with van der Waals surface area (Å²) in [6, 6.07) is 6.58. The van der Waals surface area contributed by atoms with Crippen LogP contribution >= 0.6 is 0 Å². The lowest BCUT2D eigenvalue weighted by Gasteiger charge is -2.21. The van der Waals surface area contributed by atoms with Crippen molar-refractivity contribution in [2.75, 3.05) is 10.6 Å². The molecule has 0 aromatic heterocycles. The van der Waals surface area contributed by atoms with Crippen LogP contribution in [0.1, 0.15) is 39.0 Å². The van der Waals surface area contributed by atoms with Crippen LogP contribution < -0.4 is 16.4 Å². The van der Waals surface area contributed by atoms with Crippen molar-refractivity contribution < 1.29 is 9.59 Å². The third-order valence-electron chi connectivity index (χ3n) is 3.79. The molecule has 1 aromatic rings. The number of benzene rings is 1. The number of carbonyl (C=O) groups excluding carboxylic acids is 2. The normalized spacial score (nSPS) is 17.0. The van der Waals surface area contributed by atoms with E-state index in [9.17, 15) is 9.59 Å². The van der Waals surface area contributed by atoms with Gasteiger partial charge in [0.2, 0.25) is 11.8 Å². The first-order chi connectivity index (χ1) is 10.1. The molecule has 0 spiro atoms. The molecule has 0 unspecified atom stereocenters. The van der Waals surface area contributed by atoms with Gasteiger partial charge in [0.25, 0.3) is 0 Å². The van der Waals surface area contributed by atoms with Crippen LogP contribution in [0.3, 0.4) is 0 Å². The van der Waals surface area contributed by atoms with E-state index in [0.717, 1.165) is 25.7 Å². The Hall–Kier alpha value is -1.88. The van der Waals surface area contributed by atoms with Crippen molar-refractivity contribution in [3.63, 3.8) is 0 Å². The summed E-state index contributed by atoms with van der Waals surface area (Å²) < 4.78 is 0. The minimum Gasteiger partial charge on any atom is -0.326 e. The van der Waals surface area contributed by atoms with Crippen LogP contribution in [-0.4, -0.2) is 17.9 Å². The predicted molar refractivity (Wildman–Crippen MR) is 83.9 cm³/mol. The lowest BCUT2D eigenvalue weighted by atomic mass is 9.88. The van der Waals surface area contributed by atoms with Crippen LogP contribution in [-0.2, 0) is 9.59 Å². The van der Waals surface area contributed by atoms with Gasteiger partial charge in [0, 0.05) is 17.3 Å². The van der Waals surface area contributed by atoms with Crippen LogP contribution in [0.2, 0.25) is 0 Å². The average Bonchev–Trinajstić information content (AvgIpc) is 2.48. The Kier molecular flexibility index (Phi) is 5.33. The minimum atomic E-state index is -0.564. The van der Waals surface area contributed by atoms with Crippen molar-refractivity contribution in [3.8, 4) is 0 Å². The maximum Gasteiger partial charge on any atom is 0.240 e. The predicted octanol–water partition coefficient (Wildman–Crippen LogP) is 2.49. The van der Waals surface area contributed by atoms with Crippen molar-refractivity contribution in [3.05, 3.63) is 24.3 Å². The van der Waals surface area contributed by atoms with Gasteiger partial charge in [-0.3, -0.25) is 9.59 Å². The number of nitrogens with one attached hydrogen (secondary N) is 2. The summed E-state index contributed by atoms with van der Waals surface area (Å²) in [5, 5.41) is 5.65. The molecule has 0 aliphatic heterocycles. The van der Waals surface area contributed by atoms with Crippen LogP contribution in [0.15, 0.2) is 24.3 Å². The Morgan fingerprint density at radius 1 is 1.14 bits per heavy atom. The lowest BCUT2D eigenvalue weighted by Crippen LogP contribution is -2.32. The second-order valence-corrected chi connectivity index (χ2v) is 5.68. The molecular formula is C16H23N3O2. The smallest absolute Gasteiger partial charge is 0.240 e. The lowest BCUT2D eigenvalue weighted by molar-refractivity contribution is -0.120. The molecule has 1 aliphatic rings. The van der Waals surface area contributed by atoms with Crippen molar-refractivity contribution in [2.24, 2.45) is 11.7 Å². The van der Waals surface area contributed by atoms with Gasteiger partial charge in [-0.25, -0.2) is 0 Å². The molecule has 0 saturated heterocycles. The molecule has 5 heteroatoms. The summed E-state index contributed by atoms with van der Waals surface area (Å²) in [5.74, 6) is -0.0582. The zero-order valence-corrected chi connectivity index (χ0v) is 12.4. The van der Waals surface area contributed by atoms with Gasteiger partial charge in [-0.1, -0.05) is 25.3 Å². The van der Waals surface area contributed by atoms with E-state index in [0.29, 0.717) is 11.4 Å². The van der Waals surface area contributed by atoms with E-state index in [4.69, 9.17) is 5.73 Å². The molecule has 1 aliphatic carbocycles. The highest BCUT2D eigenvalue weighted by Crippen LogP contribution is 2.25. The summed E-state index contributed by atoms with van der Waals surface area (Å²) >= 11 is 0.